The summed E-state index contributed by atoms with van der Waals surface area (Å²) in [6, 6.07) is 0.455. The van der Waals surface area contributed by atoms with E-state index in [1.165, 1.54) is 0 Å². The summed E-state index contributed by atoms with van der Waals surface area (Å²) in [6.07, 6.45) is -5.04. The molecule has 0 fully saturated rings. The zero-order chi connectivity index (χ0) is 20.0. The Hall–Kier alpha value is -2.63. The summed E-state index contributed by atoms with van der Waals surface area (Å²) in [5, 5.41) is -0.694. The van der Waals surface area contributed by atoms with Crippen LogP contribution in [0, 0.1) is 5.82 Å². The molecule has 1 aromatic heterocycles. The van der Waals surface area contributed by atoms with Gasteiger partial charge in [-0.2, -0.15) is 22.0 Å². The van der Waals surface area contributed by atoms with E-state index in [4.69, 9.17) is 17.3 Å². The second-order valence-electron chi connectivity index (χ2n) is 4.85. The summed E-state index contributed by atoms with van der Waals surface area (Å²) in [5.74, 6) is -2.35. The third-order valence-electron chi connectivity index (χ3n) is 3.24. The molecule has 26 heavy (non-hydrogen) atoms. The van der Waals surface area contributed by atoms with Gasteiger partial charge in [0.1, 0.15) is 17.1 Å². The van der Waals surface area contributed by atoms with Crippen molar-refractivity contribution in [2.75, 3.05) is 5.73 Å². The highest BCUT2D eigenvalue weighted by molar-refractivity contribution is 6.32. The summed E-state index contributed by atoms with van der Waals surface area (Å²) in [4.78, 5) is 24.2. The van der Waals surface area contributed by atoms with E-state index in [1.54, 1.807) is 0 Å². The Bertz CT molecular complexity index is 983. The summed E-state index contributed by atoms with van der Waals surface area (Å²) < 4.78 is 81.6. The summed E-state index contributed by atoms with van der Waals surface area (Å²) in [5.41, 5.74) is -1.36. The summed E-state index contributed by atoms with van der Waals surface area (Å²) in [6.45, 7) is -3.43. The molecule has 0 aliphatic heterocycles. The van der Waals surface area contributed by atoms with Crippen LogP contribution in [0.3, 0.4) is 0 Å². The first kappa shape index (κ1) is 19.7. The van der Waals surface area contributed by atoms with Crippen LogP contribution in [0.25, 0.3) is 5.69 Å². The third kappa shape index (κ3) is 3.36. The van der Waals surface area contributed by atoms with Gasteiger partial charge < -0.3 is 10.5 Å². The van der Waals surface area contributed by atoms with Crippen molar-refractivity contribution in [1.29, 1.82) is 0 Å². The van der Waals surface area contributed by atoms with E-state index >= 15 is 0 Å². The predicted octanol–water partition coefficient (Wildman–Crippen LogP) is 2.53. The van der Waals surface area contributed by atoms with E-state index in [0.717, 1.165) is 0 Å². The maximum atomic E-state index is 14.2. The summed E-state index contributed by atoms with van der Waals surface area (Å²) in [7, 11) is 0.682. The van der Waals surface area contributed by atoms with Crippen LogP contribution in [0.15, 0.2) is 21.7 Å². The molecule has 2 rings (SSSR count). The van der Waals surface area contributed by atoms with Gasteiger partial charge in [0, 0.05) is 13.1 Å². The zero-order valence-electron chi connectivity index (χ0n) is 12.6. The number of nitrogens with zero attached hydrogens (tertiary/aromatic N) is 2. The van der Waals surface area contributed by atoms with E-state index in [1.807, 2.05) is 0 Å². The maximum absolute atomic E-state index is 14.2. The number of nitrogens with two attached hydrogens (primary N) is 1. The molecular formula is C13H8ClF6N3O3. The predicted molar refractivity (Wildman–Crippen MR) is 78.3 cm³/mol. The van der Waals surface area contributed by atoms with Crippen molar-refractivity contribution in [2.24, 2.45) is 7.05 Å². The van der Waals surface area contributed by atoms with Gasteiger partial charge in [0.25, 0.3) is 5.56 Å². The minimum atomic E-state index is -5.04. The smallest absolute Gasteiger partial charge is 0.431 e. The summed E-state index contributed by atoms with van der Waals surface area (Å²) >= 11 is 5.54. The molecule has 0 saturated carbocycles. The largest absolute Gasteiger partial charge is 0.431 e. The van der Waals surface area contributed by atoms with Gasteiger partial charge in [-0.05, 0) is 6.07 Å². The number of anilines is 1. The number of halogens is 7. The number of ether oxygens (including phenoxy) is 1. The second-order valence-corrected chi connectivity index (χ2v) is 5.26. The van der Waals surface area contributed by atoms with Crippen LogP contribution >= 0.6 is 11.6 Å². The minimum absolute atomic E-state index is 0.0303. The van der Waals surface area contributed by atoms with Crippen molar-refractivity contribution in [1.82, 2.24) is 9.13 Å². The third-order valence-corrected chi connectivity index (χ3v) is 3.52. The molecule has 0 saturated heterocycles. The van der Waals surface area contributed by atoms with E-state index in [9.17, 15) is 35.9 Å². The van der Waals surface area contributed by atoms with Crippen LogP contribution in [0.5, 0.6) is 5.75 Å². The van der Waals surface area contributed by atoms with Crippen LogP contribution in [0.1, 0.15) is 5.69 Å². The molecule has 6 nitrogen and oxygen atoms in total. The average Bonchev–Trinajstić information content (AvgIpc) is 2.49. The molecule has 0 radical (unpaired) electrons. The number of alkyl halides is 5. The molecule has 0 unspecified atom stereocenters. The van der Waals surface area contributed by atoms with Gasteiger partial charge >= 0.3 is 18.5 Å². The van der Waals surface area contributed by atoms with Crippen molar-refractivity contribution >= 4 is 17.3 Å². The van der Waals surface area contributed by atoms with Crippen LogP contribution < -0.4 is 21.7 Å². The fourth-order valence-corrected chi connectivity index (χ4v) is 2.39. The highest BCUT2D eigenvalue weighted by Crippen LogP contribution is 2.38. The molecule has 142 valence electrons. The van der Waals surface area contributed by atoms with Crippen molar-refractivity contribution in [3.63, 3.8) is 0 Å². The van der Waals surface area contributed by atoms with Crippen molar-refractivity contribution in [3.05, 3.63) is 49.5 Å². The first-order valence-electron chi connectivity index (χ1n) is 6.49. The fraction of sp³-hybridized carbons (Fsp3) is 0.231. The van der Waals surface area contributed by atoms with Crippen molar-refractivity contribution < 1.29 is 31.1 Å². The van der Waals surface area contributed by atoms with Crippen LogP contribution in [0.4, 0.5) is 32.0 Å². The van der Waals surface area contributed by atoms with Gasteiger partial charge in [-0.1, -0.05) is 11.6 Å². The van der Waals surface area contributed by atoms with Crippen LogP contribution in [-0.2, 0) is 13.2 Å². The zero-order valence-corrected chi connectivity index (χ0v) is 13.3. The molecule has 0 spiro atoms. The molecule has 0 amide bonds. The Balaban J connectivity index is 2.88. The fourth-order valence-electron chi connectivity index (χ4n) is 2.15. The molecule has 2 N–H and O–H groups in total. The molecule has 2 aromatic rings. The number of rotatable bonds is 3. The highest BCUT2D eigenvalue weighted by atomic mass is 35.5. The molecular weight excluding hydrogens is 396 g/mol. The van der Waals surface area contributed by atoms with Gasteiger partial charge in [0.15, 0.2) is 11.6 Å². The monoisotopic (exact) mass is 403 g/mol. The molecule has 0 bridgehead atoms. The number of hydrogen-bond donors (Lipinski definition) is 1. The van der Waals surface area contributed by atoms with E-state index < -0.39 is 57.7 Å². The Labute approximate surface area is 145 Å². The maximum Gasteiger partial charge on any atom is 0.431 e. The van der Waals surface area contributed by atoms with E-state index in [-0.39, 0.29) is 15.2 Å². The Morgan fingerprint density at radius 2 is 1.81 bits per heavy atom. The quantitative estimate of drug-likeness (QED) is 0.631. The lowest BCUT2D eigenvalue weighted by Gasteiger charge is -2.17. The van der Waals surface area contributed by atoms with Gasteiger partial charge in [0.2, 0.25) is 0 Å². The van der Waals surface area contributed by atoms with Gasteiger partial charge in [0.05, 0.1) is 5.02 Å². The lowest BCUT2D eigenvalue weighted by molar-refractivity contribution is -0.144. The van der Waals surface area contributed by atoms with Crippen LogP contribution in [-0.4, -0.2) is 15.7 Å². The highest BCUT2D eigenvalue weighted by Gasteiger charge is 2.35. The van der Waals surface area contributed by atoms with Crippen molar-refractivity contribution in [2.45, 2.75) is 12.8 Å². The SMILES string of the molecule is Cn1c(C(F)(F)F)cc(=O)n(-c2c(F)cc(Cl)c(OC(F)F)c2N)c1=O. The second kappa shape index (κ2) is 6.59. The minimum Gasteiger partial charge on any atom is -0.431 e. The van der Waals surface area contributed by atoms with Crippen LogP contribution in [0.2, 0.25) is 5.02 Å². The molecule has 0 aliphatic carbocycles. The van der Waals surface area contributed by atoms with Gasteiger partial charge in [-0.15, -0.1) is 0 Å². The normalized spacial score (nSPS) is 11.9. The van der Waals surface area contributed by atoms with Crippen molar-refractivity contribution in [3.8, 4) is 11.4 Å². The molecule has 1 aromatic carbocycles. The standard InChI is InChI=1S/C13H8ClF6N3O3/c1-22-6(13(18,19)20)3-7(24)23(12(22)25)9-5(15)2-4(14)10(8(9)21)26-11(16)17/h2-3,11H,21H2,1H3. The number of aromatic nitrogens is 2. The number of nitrogen functional groups attached to an aromatic ring is 1. The van der Waals surface area contributed by atoms with E-state index in [0.29, 0.717) is 13.1 Å². The number of hydrogen-bond acceptors (Lipinski definition) is 4. The van der Waals surface area contributed by atoms with Gasteiger partial charge in [-0.25, -0.2) is 13.8 Å². The van der Waals surface area contributed by atoms with Gasteiger partial charge in [-0.3, -0.25) is 9.36 Å². The Morgan fingerprint density at radius 1 is 1.23 bits per heavy atom. The lowest BCUT2D eigenvalue weighted by atomic mass is 10.2. The number of benzene rings is 1. The van der Waals surface area contributed by atoms with E-state index in [2.05, 4.69) is 4.74 Å². The average molecular weight is 404 g/mol. The molecule has 0 atom stereocenters. The lowest BCUT2D eigenvalue weighted by Crippen LogP contribution is -2.41. The first-order chi connectivity index (χ1) is 11.9. The Kier molecular flexibility index (Phi) is 4.99. The molecule has 0 aliphatic rings. The molecule has 13 heteroatoms. The Morgan fingerprint density at radius 3 is 2.31 bits per heavy atom. The topological polar surface area (TPSA) is 79.2 Å². The first-order valence-corrected chi connectivity index (χ1v) is 6.87. The molecule has 1 heterocycles.